The number of nitrogens with one attached hydrogen (secondary N) is 1. The van der Waals surface area contributed by atoms with Crippen LogP contribution in [-0.4, -0.2) is 18.4 Å². The molecule has 2 aromatic carbocycles. The third-order valence-corrected chi connectivity index (χ3v) is 3.20. The highest BCUT2D eigenvalue weighted by molar-refractivity contribution is 6.30. The molecule has 4 nitrogen and oxygen atoms in total. The quantitative estimate of drug-likeness (QED) is 0.833. The molecule has 0 aliphatic carbocycles. The molecule has 22 heavy (non-hydrogen) atoms. The predicted molar refractivity (Wildman–Crippen MR) is 84.4 cm³/mol. The van der Waals surface area contributed by atoms with E-state index in [0.717, 1.165) is 11.1 Å². The van der Waals surface area contributed by atoms with Crippen LogP contribution in [0, 0.1) is 0 Å². The van der Waals surface area contributed by atoms with Crippen molar-refractivity contribution < 1.29 is 14.3 Å². The summed E-state index contributed by atoms with van der Waals surface area (Å²) < 4.78 is 5.07. The van der Waals surface area contributed by atoms with Crippen molar-refractivity contribution >= 4 is 23.5 Å². The molecule has 1 amide bonds. The van der Waals surface area contributed by atoms with Crippen molar-refractivity contribution in [1.29, 1.82) is 0 Å². The minimum Gasteiger partial charge on any atom is -0.460 e. The van der Waals surface area contributed by atoms with Gasteiger partial charge in [0.15, 0.2) is 0 Å². The first kappa shape index (κ1) is 16.0. The molecule has 2 aromatic rings. The third kappa shape index (κ3) is 5.58. The fourth-order valence-electron chi connectivity index (χ4n) is 1.81. The zero-order valence-electron chi connectivity index (χ0n) is 11.9. The maximum absolute atomic E-state index is 11.7. The molecule has 0 atom stereocenters. The smallest absolute Gasteiger partial charge is 0.325 e. The lowest BCUT2D eigenvalue weighted by atomic mass is 10.1. The van der Waals surface area contributed by atoms with Gasteiger partial charge in [0.05, 0.1) is 6.42 Å². The zero-order chi connectivity index (χ0) is 15.8. The molecule has 0 radical (unpaired) electrons. The molecule has 0 unspecified atom stereocenters. The van der Waals surface area contributed by atoms with Crippen LogP contribution in [0.2, 0.25) is 5.02 Å². The monoisotopic (exact) mass is 317 g/mol. The van der Waals surface area contributed by atoms with Gasteiger partial charge in [-0.15, -0.1) is 0 Å². The summed E-state index contributed by atoms with van der Waals surface area (Å²) in [5, 5.41) is 3.17. The van der Waals surface area contributed by atoms with E-state index >= 15 is 0 Å². The van der Waals surface area contributed by atoms with Crippen LogP contribution in [0.15, 0.2) is 54.6 Å². The highest BCUT2D eigenvalue weighted by atomic mass is 35.5. The molecule has 0 heterocycles. The van der Waals surface area contributed by atoms with Gasteiger partial charge in [-0.1, -0.05) is 54.1 Å². The Morgan fingerprint density at radius 2 is 1.64 bits per heavy atom. The Morgan fingerprint density at radius 1 is 0.955 bits per heavy atom. The van der Waals surface area contributed by atoms with Crippen molar-refractivity contribution in [3.05, 3.63) is 70.7 Å². The van der Waals surface area contributed by atoms with Gasteiger partial charge in [0, 0.05) is 5.02 Å². The molecule has 0 fully saturated rings. The van der Waals surface area contributed by atoms with Gasteiger partial charge in [-0.05, 0) is 23.3 Å². The molecular formula is C17H16ClNO3. The molecule has 2 rings (SSSR count). The SMILES string of the molecule is O=C(Cc1ccccc1)NCC(=O)OCc1ccc(Cl)cc1. The van der Waals surface area contributed by atoms with E-state index in [1.807, 2.05) is 30.3 Å². The molecule has 114 valence electrons. The van der Waals surface area contributed by atoms with E-state index in [1.165, 1.54) is 0 Å². The third-order valence-electron chi connectivity index (χ3n) is 2.95. The molecule has 1 N–H and O–H groups in total. The summed E-state index contributed by atoms with van der Waals surface area (Å²) in [7, 11) is 0. The number of benzene rings is 2. The van der Waals surface area contributed by atoms with Crippen LogP contribution in [-0.2, 0) is 27.4 Å². The summed E-state index contributed by atoms with van der Waals surface area (Å²) in [6, 6.07) is 16.4. The lowest BCUT2D eigenvalue weighted by Crippen LogP contribution is -2.31. The van der Waals surface area contributed by atoms with Crippen LogP contribution >= 0.6 is 11.6 Å². The highest BCUT2D eigenvalue weighted by Crippen LogP contribution is 2.10. The molecule has 5 heteroatoms. The lowest BCUT2D eigenvalue weighted by Gasteiger charge is -2.07. The first-order chi connectivity index (χ1) is 10.6. The van der Waals surface area contributed by atoms with E-state index in [1.54, 1.807) is 24.3 Å². The average molecular weight is 318 g/mol. The molecular weight excluding hydrogens is 302 g/mol. The molecule has 0 aromatic heterocycles. The van der Waals surface area contributed by atoms with Crippen LogP contribution in [0.5, 0.6) is 0 Å². The fourth-order valence-corrected chi connectivity index (χ4v) is 1.94. The Bertz CT molecular complexity index is 626. The standard InChI is InChI=1S/C17H16ClNO3/c18-15-8-6-14(7-9-15)12-22-17(21)11-19-16(20)10-13-4-2-1-3-5-13/h1-9H,10-12H2,(H,19,20). The van der Waals surface area contributed by atoms with Crippen molar-refractivity contribution in [3.63, 3.8) is 0 Å². The largest absolute Gasteiger partial charge is 0.460 e. The Balaban J connectivity index is 1.69. The zero-order valence-corrected chi connectivity index (χ0v) is 12.7. The lowest BCUT2D eigenvalue weighted by molar-refractivity contribution is -0.145. The maximum Gasteiger partial charge on any atom is 0.325 e. The van der Waals surface area contributed by atoms with Crippen molar-refractivity contribution in [3.8, 4) is 0 Å². The number of hydrogen-bond acceptors (Lipinski definition) is 3. The van der Waals surface area contributed by atoms with Gasteiger partial charge in [-0.3, -0.25) is 9.59 Å². The number of amides is 1. The normalized spacial score (nSPS) is 10.0. The Labute approximate surface area is 134 Å². The number of esters is 1. The molecule has 0 saturated carbocycles. The van der Waals surface area contributed by atoms with Crippen molar-refractivity contribution in [1.82, 2.24) is 5.32 Å². The number of hydrogen-bond donors (Lipinski definition) is 1. The molecule has 0 spiro atoms. The average Bonchev–Trinajstić information content (AvgIpc) is 2.53. The second-order valence-corrected chi connectivity index (χ2v) is 5.16. The van der Waals surface area contributed by atoms with Crippen molar-refractivity contribution in [2.45, 2.75) is 13.0 Å². The fraction of sp³-hybridized carbons (Fsp3) is 0.176. The van der Waals surface area contributed by atoms with E-state index in [-0.39, 0.29) is 25.5 Å². The highest BCUT2D eigenvalue weighted by Gasteiger charge is 2.07. The molecule has 0 saturated heterocycles. The van der Waals surface area contributed by atoms with Crippen LogP contribution in [0.1, 0.15) is 11.1 Å². The van der Waals surface area contributed by atoms with Gasteiger partial charge in [0.25, 0.3) is 0 Å². The first-order valence-electron chi connectivity index (χ1n) is 6.84. The van der Waals surface area contributed by atoms with Gasteiger partial charge in [0.2, 0.25) is 5.91 Å². The van der Waals surface area contributed by atoms with Gasteiger partial charge in [-0.2, -0.15) is 0 Å². The van der Waals surface area contributed by atoms with Crippen LogP contribution in [0.25, 0.3) is 0 Å². The summed E-state index contributed by atoms with van der Waals surface area (Å²) in [4.78, 5) is 23.3. The molecule has 0 aliphatic heterocycles. The second kappa shape index (κ2) is 8.20. The van der Waals surface area contributed by atoms with E-state index in [0.29, 0.717) is 5.02 Å². The van der Waals surface area contributed by atoms with Gasteiger partial charge in [-0.25, -0.2) is 0 Å². The van der Waals surface area contributed by atoms with Gasteiger partial charge < -0.3 is 10.1 Å². The van der Waals surface area contributed by atoms with Crippen LogP contribution < -0.4 is 5.32 Å². The van der Waals surface area contributed by atoms with Crippen LogP contribution in [0.3, 0.4) is 0 Å². The Hall–Kier alpha value is -2.33. The van der Waals surface area contributed by atoms with E-state index in [9.17, 15) is 9.59 Å². The summed E-state index contributed by atoms with van der Waals surface area (Å²) in [5.41, 5.74) is 1.74. The number of carbonyl (C=O) groups excluding carboxylic acids is 2. The van der Waals surface area contributed by atoms with Gasteiger partial charge >= 0.3 is 5.97 Å². The molecule has 0 bridgehead atoms. The minimum atomic E-state index is -0.476. The Kier molecular flexibility index (Phi) is 5.98. The number of halogens is 1. The van der Waals surface area contributed by atoms with Crippen molar-refractivity contribution in [2.75, 3.05) is 6.54 Å². The summed E-state index contributed by atoms with van der Waals surface area (Å²) in [6.07, 6.45) is 0.241. The van der Waals surface area contributed by atoms with Crippen molar-refractivity contribution in [2.24, 2.45) is 0 Å². The maximum atomic E-state index is 11.7. The van der Waals surface area contributed by atoms with Gasteiger partial charge in [0.1, 0.15) is 13.2 Å². The summed E-state index contributed by atoms with van der Waals surface area (Å²) >= 11 is 5.77. The van der Waals surface area contributed by atoms with E-state index < -0.39 is 5.97 Å². The van der Waals surface area contributed by atoms with E-state index in [2.05, 4.69) is 5.32 Å². The van der Waals surface area contributed by atoms with E-state index in [4.69, 9.17) is 16.3 Å². The first-order valence-corrected chi connectivity index (χ1v) is 7.22. The predicted octanol–water partition coefficient (Wildman–Crippen LogP) is 2.74. The number of ether oxygens (including phenoxy) is 1. The minimum absolute atomic E-state index is 0.140. The number of carbonyl (C=O) groups is 2. The summed E-state index contributed by atoms with van der Waals surface area (Å²) in [5.74, 6) is -0.689. The second-order valence-electron chi connectivity index (χ2n) is 4.73. The topological polar surface area (TPSA) is 55.4 Å². The number of rotatable bonds is 6. The summed E-state index contributed by atoms with van der Waals surface area (Å²) in [6.45, 7) is 0.0177. The molecule has 0 aliphatic rings. The Morgan fingerprint density at radius 3 is 2.32 bits per heavy atom. The van der Waals surface area contributed by atoms with Crippen LogP contribution in [0.4, 0.5) is 0 Å².